The maximum Gasteiger partial charge on any atom is 0.305 e. The van der Waals surface area contributed by atoms with E-state index in [0.29, 0.717) is 0 Å². The summed E-state index contributed by atoms with van der Waals surface area (Å²) in [6.45, 7) is 3.34. The van der Waals surface area contributed by atoms with Gasteiger partial charge in [-0.1, -0.05) is 13.8 Å². The van der Waals surface area contributed by atoms with E-state index in [-0.39, 0.29) is 12.3 Å². The molecule has 24 heavy (non-hydrogen) atoms. The monoisotopic (exact) mass is 344 g/mol. The van der Waals surface area contributed by atoms with Gasteiger partial charge in [0, 0.05) is 6.42 Å². The predicted molar refractivity (Wildman–Crippen MR) is 81.5 cm³/mol. The third-order valence-electron chi connectivity index (χ3n) is 3.10. The van der Waals surface area contributed by atoms with Gasteiger partial charge in [0.1, 0.15) is 6.04 Å². The van der Waals surface area contributed by atoms with Crippen LogP contribution in [0.4, 0.5) is 0 Å². The van der Waals surface area contributed by atoms with Gasteiger partial charge in [-0.2, -0.15) is 0 Å². The lowest BCUT2D eigenvalue weighted by atomic mass is 10.0. The molecular weight excluding hydrogens is 322 g/mol. The second-order valence-corrected chi connectivity index (χ2v) is 5.55. The number of carbonyl (C=O) groups is 4. The molecule has 10 heteroatoms. The van der Waals surface area contributed by atoms with Crippen LogP contribution >= 0.6 is 0 Å². The molecule has 0 aliphatic rings. The second kappa shape index (κ2) is 10.3. The van der Waals surface area contributed by atoms with Crippen molar-refractivity contribution in [1.82, 2.24) is 10.6 Å². The number of carboxylic acids is 2. The number of rotatable bonds is 11. The van der Waals surface area contributed by atoms with Gasteiger partial charge in [0.05, 0.1) is 18.5 Å². The van der Waals surface area contributed by atoms with Gasteiger partial charge in [0.25, 0.3) is 0 Å². The Kier molecular flexibility index (Phi) is 9.25. The van der Waals surface area contributed by atoms with E-state index in [4.69, 9.17) is 15.9 Å². The Bertz CT molecular complexity index is 493. The highest BCUT2D eigenvalue weighted by Crippen LogP contribution is 2.03. The molecular formula is C14H22N3O7. The lowest BCUT2D eigenvalue weighted by molar-refractivity contribution is -0.139. The number of nitrogens with one attached hydrogen (secondary N) is 2. The molecule has 2 amide bonds. The third kappa shape index (κ3) is 8.22. The van der Waals surface area contributed by atoms with Crippen molar-refractivity contribution in [2.45, 2.75) is 51.2 Å². The fourth-order valence-corrected chi connectivity index (χ4v) is 1.68. The second-order valence-electron chi connectivity index (χ2n) is 5.55. The van der Waals surface area contributed by atoms with E-state index < -0.39 is 54.7 Å². The third-order valence-corrected chi connectivity index (χ3v) is 3.10. The number of nitrogens with two attached hydrogens (primary N) is 1. The molecule has 0 rings (SSSR count). The summed E-state index contributed by atoms with van der Waals surface area (Å²) in [4.78, 5) is 56.0. The molecule has 0 fully saturated rings. The Morgan fingerprint density at radius 2 is 1.62 bits per heavy atom. The van der Waals surface area contributed by atoms with E-state index in [2.05, 4.69) is 10.6 Å². The van der Waals surface area contributed by atoms with Crippen LogP contribution < -0.4 is 16.4 Å². The molecule has 0 aliphatic carbocycles. The molecule has 0 spiro atoms. The first-order valence-electron chi connectivity index (χ1n) is 7.26. The highest BCUT2D eigenvalue weighted by Gasteiger charge is 2.27. The molecule has 0 heterocycles. The highest BCUT2D eigenvalue weighted by molar-refractivity contribution is 5.92. The van der Waals surface area contributed by atoms with Crippen LogP contribution in [0.25, 0.3) is 0 Å². The zero-order valence-corrected chi connectivity index (χ0v) is 13.4. The van der Waals surface area contributed by atoms with Crippen LogP contribution in [0.15, 0.2) is 0 Å². The van der Waals surface area contributed by atoms with Crippen LogP contribution in [-0.2, 0) is 24.0 Å². The minimum Gasteiger partial charge on any atom is -0.481 e. The Morgan fingerprint density at radius 1 is 1.04 bits per heavy atom. The van der Waals surface area contributed by atoms with Crippen molar-refractivity contribution in [2.75, 3.05) is 0 Å². The van der Waals surface area contributed by atoms with Gasteiger partial charge in [0.2, 0.25) is 18.1 Å². The minimum atomic E-state index is -1.39. The van der Waals surface area contributed by atoms with E-state index >= 15 is 0 Å². The number of carboxylic acid groups (broad SMARTS) is 2. The first-order chi connectivity index (χ1) is 11.1. The molecule has 1 radical (unpaired) electrons. The lowest BCUT2D eigenvalue weighted by Crippen LogP contribution is -2.54. The largest absolute Gasteiger partial charge is 0.481 e. The molecule has 3 atom stereocenters. The fraction of sp³-hybridized carbons (Fsp3) is 0.643. The molecule has 0 aromatic rings. The first-order valence-corrected chi connectivity index (χ1v) is 7.26. The van der Waals surface area contributed by atoms with Crippen molar-refractivity contribution >= 4 is 30.0 Å². The van der Waals surface area contributed by atoms with Gasteiger partial charge < -0.3 is 26.6 Å². The highest BCUT2D eigenvalue weighted by atomic mass is 16.4. The summed E-state index contributed by atoms with van der Waals surface area (Å²) in [5.74, 6) is -4.40. The van der Waals surface area contributed by atoms with Crippen molar-refractivity contribution < 1.29 is 34.2 Å². The lowest BCUT2D eigenvalue weighted by Gasteiger charge is -2.22. The summed E-state index contributed by atoms with van der Waals surface area (Å²) in [6, 6.07) is -3.57. The Morgan fingerprint density at radius 3 is 2.04 bits per heavy atom. The summed E-state index contributed by atoms with van der Waals surface area (Å²) < 4.78 is 0. The molecule has 0 aromatic carbocycles. The summed E-state index contributed by atoms with van der Waals surface area (Å²) in [5.41, 5.74) is 5.39. The van der Waals surface area contributed by atoms with Crippen molar-refractivity contribution in [1.29, 1.82) is 0 Å². The van der Waals surface area contributed by atoms with E-state index in [0.717, 1.165) is 0 Å². The van der Waals surface area contributed by atoms with Crippen molar-refractivity contribution in [3.05, 3.63) is 0 Å². The fourth-order valence-electron chi connectivity index (χ4n) is 1.68. The van der Waals surface area contributed by atoms with E-state index in [1.165, 1.54) is 0 Å². The Balaban J connectivity index is 4.98. The number of aliphatic carboxylic acids is 2. The average molecular weight is 344 g/mol. The van der Waals surface area contributed by atoms with E-state index in [9.17, 15) is 24.0 Å². The van der Waals surface area contributed by atoms with Crippen LogP contribution in [0, 0.1) is 5.92 Å². The maximum absolute atomic E-state index is 12.2. The Labute approximate surface area is 138 Å². The van der Waals surface area contributed by atoms with Gasteiger partial charge in [-0.3, -0.25) is 24.0 Å². The van der Waals surface area contributed by atoms with Crippen molar-refractivity contribution in [3.8, 4) is 0 Å². The number of hydrogen-bond donors (Lipinski definition) is 5. The molecule has 0 aliphatic heterocycles. The van der Waals surface area contributed by atoms with Crippen LogP contribution in [0.3, 0.4) is 0 Å². The maximum atomic E-state index is 12.2. The van der Waals surface area contributed by atoms with Crippen LogP contribution in [0.5, 0.6) is 0 Å². The van der Waals surface area contributed by atoms with Gasteiger partial charge in [0.15, 0.2) is 0 Å². The molecule has 0 saturated heterocycles. The van der Waals surface area contributed by atoms with Gasteiger partial charge >= 0.3 is 11.9 Å². The summed E-state index contributed by atoms with van der Waals surface area (Å²) >= 11 is 0. The van der Waals surface area contributed by atoms with Gasteiger partial charge in [-0.25, -0.2) is 0 Å². The standard InChI is InChI=1S/C14H22N3O7/c1-7(2)10(6-18)17-14(24)9(3-4-11(19)20)16-13(23)8(15)5-12(21)22/h7-10H,3-5,15H2,1-2H3,(H,16,23)(H,17,24)(H,19,20)(H,21,22)/t8-,9-,10+/m0/s1. The van der Waals surface area contributed by atoms with Gasteiger partial charge in [-0.05, 0) is 12.3 Å². The SMILES string of the molecule is CC(C)[C@@H]([C]=O)NC(=O)[C@H](CCC(=O)O)NC(=O)[C@@H](N)CC(=O)O. The van der Waals surface area contributed by atoms with Crippen molar-refractivity contribution in [2.24, 2.45) is 11.7 Å². The number of hydrogen-bond acceptors (Lipinski definition) is 6. The Hall–Kier alpha value is -2.49. The molecule has 0 bridgehead atoms. The molecule has 10 nitrogen and oxygen atoms in total. The quantitative estimate of drug-likeness (QED) is 0.297. The smallest absolute Gasteiger partial charge is 0.305 e. The molecule has 0 aromatic heterocycles. The molecule has 6 N–H and O–H groups in total. The summed E-state index contributed by atoms with van der Waals surface area (Å²) in [5, 5.41) is 21.9. The first kappa shape index (κ1) is 21.5. The zero-order chi connectivity index (χ0) is 18.9. The van der Waals surface area contributed by atoms with Crippen LogP contribution in [-0.4, -0.2) is 58.4 Å². The zero-order valence-electron chi connectivity index (χ0n) is 13.4. The van der Waals surface area contributed by atoms with Crippen LogP contribution in [0.1, 0.15) is 33.1 Å². The number of carbonyl (C=O) groups excluding carboxylic acids is 3. The molecule has 135 valence electrons. The summed E-state index contributed by atoms with van der Waals surface area (Å²) in [6.07, 6.45) is 0.345. The van der Waals surface area contributed by atoms with Gasteiger partial charge in [-0.15, -0.1) is 0 Å². The predicted octanol–water partition coefficient (Wildman–Crippen LogP) is -1.61. The van der Waals surface area contributed by atoms with Crippen LogP contribution in [0.2, 0.25) is 0 Å². The van der Waals surface area contributed by atoms with E-state index in [1.54, 1.807) is 20.1 Å². The van der Waals surface area contributed by atoms with Crippen molar-refractivity contribution in [3.63, 3.8) is 0 Å². The molecule has 0 saturated carbocycles. The number of amides is 2. The van der Waals surface area contributed by atoms with E-state index in [1.807, 2.05) is 0 Å². The topological polar surface area (TPSA) is 176 Å². The summed E-state index contributed by atoms with van der Waals surface area (Å²) in [7, 11) is 0. The normalized spacial score (nSPS) is 14.3. The molecule has 0 unspecified atom stereocenters. The average Bonchev–Trinajstić information content (AvgIpc) is 2.46. The minimum absolute atomic E-state index is 0.240.